The molecule has 2 rings (SSSR count). The molecule has 0 unspecified atom stereocenters. The van der Waals surface area contributed by atoms with Crippen molar-refractivity contribution in [2.75, 3.05) is 11.4 Å². The summed E-state index contributed by atoms with van der Waals surface area (Å²) >= 11 is 0. The number of anilines is 1. The monoisotopic (exact) mass is 258 g/mol. The topological polar surface area (TPSA) is 43.4 Å². The predicted octanol–water partition coefficient (Wildman–Crippen LogP) is 2.00. The fourth-order valence-electron chi connectivity index (χ4n) is 2.67. The molecule has 3 nitrogen and oxygen atoms in total. The highest BCUT2D eigenvalue weighted by Crippen LogP contribution is 2.31. The number of allylic oxidation sites excluding steroid dienone is 1. The van der Waals surface area contributed by atoms with Gasteiger partial charge in [-0.05, 0) is 68.5 Å². The molecule has 1 aromatic rings. The number of carbonyl (C=O) groups is 1. The largest absolute Gasteiger partial charge is 0.545 e. The molecule has 0 aromatic heterocycles. The Hall–Kier alpha value is -1.77. The fourth-order valence-corrected chi connectivity index (χ4v) is 2.67. The van der Waals surface area contributed by atoms with E-state index < -0.39 is 5.97 Å². The Morgan fingerprint density at radius 3 is 2.79 bits per heavy atom. The van der Waals surface area contributed by atoms with Crippen LogP contribution in [-0.4, -0.2) is 18.6 Å². The highest BCUT2D eigenvalue weighted by molar-refractivity contribution is 5.88. The molecule has 3 heteroatoms. The lowest BCUT2D eigenvalue weighted by molar-refractivity contribution is -0.297. The highest BCUT2D eigenvalue weighted by atomic mass is 16.4. The molecule has 19 heavy (non-hydrogen) atoms. The smallest absolute Gasteiger partial charge is 0.0645 e. The Morgan fingerprint density at radius 1 is 1.42 bits per heavy atom. The maximum atomic E-state index is 10.6. The molecular formula is C16H20NO2-. The Balaban J connectivity index is 2.37. The number of aryl methyl sites for hydroxylation is 1. The molecule has 1 aliphatic rings. The van der Waals surface area contributed by atoms with E-state index in [9.17, 15) is 9.90 Å². The van der Waals surface area contributed by atoms with Crippen molar-refractivity contribution in [1.29, 1.82) is 0 Å². The van der Waals surface area contributed by atoms with Crippen LogP contribution in [0, 0.1) is 0 Å². The molecule has 0 fully saturated rings. The zero-order chi connectivity index (χ0) is 14.0. The first-order valence-corrected chi connectivity index (χ1v) is 6.78. The number of carbonyl (C=O) groups excluding carboxylic acids is 1. The molecule has 0 radical (unpaired) electrons. The van der Waals surface area contributed by atoms with Gasteiger partial charge < -0.3 is 14.8 Å². The van der Waals surface area contributed by atoms with Crippen molar-refractivity contribution in [2.45, 2.75) is 39.7 Å². The first-order valence-electron chi connectivity index (χ1n) is 6.78. The van der Waals surface area contributed by atoms with Crippen LogP contribution in [-0.2, 0) is 11.2 Å². The Morgan fingerprint density at radius 2 is 2.16 bits per heavy atom. The van der Waals surface area contributed by atoms with Gasteiger partial charge in [0.15, 0.2) is 0 Å². The van der Waals surface area contributed by atoms with Crippen molar-refractivity contribution in [3.05, 3.63) is 35.4 Å². The minimum Gasteiger partial charge on any atom is -0.545 e. The molecule has 0 aliphatic carbocycles. The maximum absolute atomic E-state index is 10.6. The number of benzene rings is 1. The van der Waals surface area contributed by atoms with E-state index in [2.05, 4.69) is 30.9 Å². The quantitative estimate of drug-likeness (QED) is 0.779. The van der Waals surface area contributed by atoms with Crippen LogP contribution >= 0.6 is 0 Å². The number of carboxylic acids is 1. The van der Waals surface area contributed by atoms with E-state index in [1.165, 1.54) is 11.3 Å². The molecule has 0 amide bonds. The van der Waals surface area contributed by atoms with Crippen molar-refractivity contribution in [2.24, 2.45) is 0 Å². The number of rotatable bonds is 3. The van der Waals surface area contributed by atoms with E-state index in [0.29, 0.717) is 6.04 Å². The SMILES string of the molecule is C/C(=C\C(=O)[O-])c1ccc2c(c1)CCCN2C(C)C. The molecule has 1 heterocycles. The summed E-state index contributed by atoms with van der Waals surface area (Å²) in [6, 6.07) is 6.70. The number of hydrogen-bond acceptors (Lipinski definition) is 3. The van der Waals surface area contributed by atoms with Crippen LogP contribution in [0.25, 0.3) is 5.57 Å². The summed E-state index contributed by atoms with van der Waals surface area (Å²) in [5.41, 5.74) is 4.30. The Kier molecular flexibility index (Phi) is 3.93. The van der Waals surface area contributed by atoms with Crippen molar-refractivity contribution in [3.63, 3.8) is 0 Å². The van der Waals surface area contributed by atoms with Crippen molar-refractivity contribution < 1.29 is 9.90 Å². The predicted molar refractivity (Wildman–Crippen MR) is 75.9 cm³/mol. The van der Waals surface area contributed by atoms with Gasteiger partial charge in [-0.15, -0.1) is 0 Å². The second kappa shape index (κ2) is 5.47. The lowest BCUT2D eigenvalue weighted by Gasteiger charge is -2.35. The minimum atomic E-state index is -1.14. The van der Waals surface area contributed by atoms with Gasteiger partial charge in [-0.3, -0.25) is 0 Å². The van der Waals surface area contributed by atoms with Crippen molar-refractivity contribution >= 4 is 17.2 Å². The van der Waals surface area contributed by atoms with Gasteiger partial charge in [-0.25, -0.2) is 0 Å². The van der Waals surface area contributed by atoms with E-state index in [-0.39, 0.29) is 0 Å². The number of fused-ring (bicyclic) bond motifs is 1. The van der Waals surface area contributed by atoms with Gasteiger partial charge in [0.25, 0.3) is 0 Å². The van der Waals surface area contributed by atoms with Crippen LogP contribution in [0.2, 0.25) is 0 Å². The molecule has 1 aliphatic heterocycles. The maximum Gasteiger partial charge on any atom is 0.0645 e. The summed E-state index contributed by atoms with van der Waals surface area (Å²) < 4.78 is 0. The molecule has 0 bridgehead atoms. The summed E-state index contributed by atoms with van der Waals surface area (Å²) in [6.45, 7) is 7.30. The normalized spacial score (nSPS) is 15.6. The number of hydrogen-bond donors (Lipinski definition) is 0. The van der Waals surface area contributed by atoms with Gasteiger partial charge in [-0.1, -0.05) is 6.07 Å². The van der Waals surface area contributed by atoms with Crippen molar-refractivity contribution in [3.8, 4) is 0 Å². The standard InChI is InChI=1S/C16H21NO2/c1-11(2)17-8-4-5-14-10-13(6-7-15(14)17)12(3)9-16(18)19/h6-7,9-11H,4-5,8H2,1-3H3,(H,18,19)/p-1/b12-9+. The first kappa shape index (κ1) is 13.7. The van der Waals surface area contributed by atoms with E-state index in [1.807, 2.05) is 6.07 Å². The van der Waals surface area contributed by atoms with Gasteiger partial charge >= 0.3 is 0 Å². The minimum absolute atomic E-state index is 0.491. The summed E-state index contributed by atoms with van der Waals surface area (Å²) in [7, 11) is 0. The fraction of sp³-hybridized carbons (Fsp3) is 0.438. The lowest BCUT2D eigenvalue weighted by atomic mass is 9.95. The van der Waals surface area contributed by atoms with Gasteiger partial charge in [0, 0.05) is 18.3 Å². The van der Waals surface area contributed by atoms with Crippen LogP contribution in [0.1, 0.15) is 38.3 Å². The summed E-state index contributed by atoms with van der Waals surface area (Å²) in [4.78, 5) is 13.0. The third-order valence-electron chi connectivity index (χ3n) is 3.65. The third kappa shape index (κ3) is 2.98. The first-order chi connectivity index (χ1) is 8.99. The lowest BCUT2D eigenvalue weighted by Crippen LogP contribution is -2.35. The third-order valence-corrected chi connectivity index (χ3v) is 3.65. The van der Waals surface area contributed by atoms with Crippen LogP contribution in [0.3, 0.4) is 0 Å². The van der Waals surface area contributed by atoms with Gasteiger partial charge in [0.2, 0.25) is 0 Å². The second-order valence-electron chi connectivity index (χ2n) is 5.38. The Labute approximate surface area is 114 Å². The van der Waals surface area contributed by atoms with Crippen LogP contribution < -0.4 is 10.0 Å². The van der Waals surface area contributed by atoms with E-state index in [1.54, 1.807) is 6.92 Å². The molecule has 0 spiro atoms. The molecular weight excluding hydrogens is 238 g/mol. The number of carboxylic acid groups (broad SMARTS) is 1. The Bertz CT molecular complexity index is 517. The zero-order valence-corrected chi connectivity index (χ0v) is 11.8. The average molecular weight is 258 g/mol. The molecule has 102 valence electrons. The van der Waals surface area contributed by atoms with Crippen LogP contribution in [0.15, 0.2) is 24.3 Å². The van der Waals surface area contributed by atoms with Crippen LogP contribution in [0.5, 0.6) is 0 Å². The van der Waals surface area contributed by atoms with Gasteiger partial charge in [-0.2, -0.15) is 0 Å². The van der Waals surface area contributed by atoms with Gasteiger partial charge in [0.1, 0.15) is 0 Å². The van der Waals surface area contributed by atoms with Crippen LogP contribution in [0.4, 0.5) is 5.69 Å². The van der Waals surface area contributed by atoms with E-state index in [4.69, 9.17) is 0 Å². The summed E-state index contributed by atoms with van der Waals surface area (Å²) in [5.74, 6) is -1.14. The van der Waals surface area contributed by atoms with E-state index >= 15 is 0 Å². The summed E-state index contributed by atoms with van der Waals surface area (Å²) in [5, 5.41) is 10.6. The van der Waals surface area contributed by atoms with E-state index in [0.717, 1.165) is 36.6 Å². The highest BCUT2D eigenvalue weighted by Gasteiger charge is 2.19. The molecule has 1 aromatic carbocycles. The zero-order valence-electron chi connectivity index (χ0n) is 11.8. The number of aliphatic carboxylic acids is 1. The second-order valence-corrected chi connectivity index (χ2v) is 5.38. The molecule has 0 N–H and O–H groups in total. The number of nitrogens with zero attached hydrogens (tertiary/aromatic N) is 1. The van der Waals surface area contributed by atoms with Crippen molar-refractivity contribution in [1.82, 2.24) is 0 Å². The average Bonchev–Trinajstić information content (AvgIpc) is 2.36. The molecule has 0 atom stereocenters. The van der Waals surface area contributed by atoms with Gasteiger partial charge in [0.05, 0.1) is 5.97 Å². The summed E-state index contributed by atoms with van der Waals surface area (Å²) in [6.07, 6.45) is 3.37. The molecule has 0 saturated heterocycles. The molecule has 0 saturated carbocycles.